The van der Waals surface area contributed by atoms with E-state index in [4.69, 9.17) is 11.6 Å². The summed E-state index contributed by atoms with van der Waals surface area (Å²) >= 11 is 6.13. The molecule has 2 aromatic rings. The summed E-state index contributed by atoms with van der Waals surface area (Å²) in [5.41, 5.74) is 2.64. The van der Waals surface area contributed by atoms with E-state index in [1.165, 1.54) is 5.56 Å². The van der Waals surface area contributed by atoms with Gasteiger partial charge in [0, 0.05) is 19.2 Å². The van der Waals surface area contributed by atoms with Gasteiger partial charge in [0.2, 0.25) is 0 Å². The average molecular weight is 289 g/mol. The zero-order chi connectivity index (χ0) is 14.4. The highest BCUT2D eigenvalue weighted by atomic mass is 35.5. The molecule has 104 valence electrons. The van der Waals surface area contributed by atoms with Crippen molar-refractivity contribution in [2.24, 2.45) is 0 Å². The Bertz CT molecular complexity index is 584. The maximum absolute atomic E-state index is 11.6. The van der Waals surface area contributed by atoms with Crippen molar-refractivity contribution in [3.05, 3.63) is 64.7 Å². The van der Waals surface area contributed by atoms with Gasteiger partial charge in [-0.15, -0.1) is 0 Å². The minimum Gasteiger partial charge on any atom is -0.383 e. The van der Waals surface area contributed by atoms with Gasteiger partial charge >= 0.3 is 0 Å². The van der Waals surface area contributed by atoms with Crippen LogP contribution in [0.2, 0.25) is 5.02 Å². The standard InChI is InChI=1S/C16H17ClN2O/c1-18-16(20)13-7-8-14(17)15(11-13)19-10-9-12-5-3-2-4-6-12/h2-8,11,19H,9-10H2,1H3,(H,18,20). The number of benzene rings is 2. The molecule has 2 aromatic carbocycles. The number of hydrogen-bond donors (Lipinski definition) is 2. The fraction of sp³-hybridized carbons (Fsp3) is 0.188. The lowest BCUT2D eigenvalue weighted by molar-refractivity contribution is 0.0963. The van der Waals surface area contributed by atoms with Crippen LogP contribution in [0.5, 0.6) is 0 Å². The van der Waals surface area contributed by atoms with Gasteiger partial charge in [-0.3, -0.25) is 4.79 Å². The van der Waals surface area contributed by atoms with Gasteiger partial charge in [-0.2, -0.15) is 0 Å². The summed E-state index contributed by atoms with van der Waals surface area (Å²) in [5, 5.41) is 6.49. The van der Waals surface area contributed by atoms with Crippen LogP contribution in [0, 0.1) is 0 Å². The quantitative estimate of drug-likeness (QED) is 0.886. The van der Waals surface area contributed by atoms with E-state index in [0.717, 1.165) is 18.7 Å². The van der Waals surface area contributed by atoms with Crippen LogP contribution in [0.3, 0.4) is 0 Å². The first-order valence-electron chi connectivity index (χ1n) is 6.50. The molecule has 0 saturated carbocycles. The lowest BCUT2D eigenvalue weighted by Gasteiger charge is -2.10. The monoisotopic (exact) mass is 288 g/mol. The predicted octanol–water partition coefficient (Wildman–Crippen LogP) is 3.35. The summed E-state index contributed by atoms with van der Waals surface area (Å²) in [6.45, 7) is 0.765. The second-order valence-electron chi connectivity index (χ2n) is 4.44. The Morgan fingerprint density at radius 2 is 1.90 bits per heavy atom. The number of nitrogens with one attached hydrogen (secondary N) is 2. The molecule has 0 spiro atoms. The highest BCUT2D eigenvalue weighted by Crippen LogP contribution is 2.23. The van der Waals surface area contributed by atoms with E-state index in [9.17, 15) is 4.79 Å². The minimum absolute atomic E-state index is 0.118. The molecule has 0 heterocycles. The highest BCUT2D eigenvalue weighted by Gasteiger charge is 2.07. The van der Waals surface area contributed by atoms with E-state index in [1.54, 1.807) is 25.2 Å². The second kappa shape index (κ2) is 6.96. The van der Waals surface area contributed by atoms with Gasteiger partial charge in [-0.25, -0.2) is 0 Å². The Hall–Kier alpha value is -2.00. The Kier molecular flexibility index (Phi) is 5.02. The lowest BCUT2D eigenvalue weighted by Crippen LogP contribution is -2.18. The predicted molar refractivity (Wildman–Crippen MR) is 83.5 cm³/mol. The topological polar surface area (TPSA) is 41.1 Å². The summed E-state index contributed by atoms with van der Waals surface area (Å²) < 4.78 is 0. The molecule has 0 aromatic heterocycles. The molecule has 0 radical (unpaired) electrons. The summed E-state index contributed by atoms with van der Waals surface area (Å²) in [6, 6.07) is 15.4. The van der Waals surface area contributed by atoms with Gasteiger partial charge in [-0.1, -0.05) is 41.9 Å². The molecular weight excluding hydrogens is 272 g/mol. The minimum atomic E-state index is -0.118. The molecule has 0 unspecified atom stereocenters. The van der Waals surface area contributed by atoms with Crippen molar-refractivity contribution in [3.8, 4) is 0 Å². The number of hydrogen-bond acceptors (Lipinski definition) is 2. The highest BCUT2D eigenvalue weighted by molar-refractivity contribution is 6.33. The Morgan fingerprint density at radius 3 is 2.60 bits per heavy atom. The first-order valence-corrected chi connectivity index (χ1v) is 6.88. The largest absolute Gasteiger partial charge is 0.383 e. The summed E-state index contributed by atoms with van der Waals surface area (Å²) in [6.07, 6.45) is 0.904. The van der Waals surface area contributed by atoms with E-state index < -0.39 is 0 Å². The van der Waals surface area contributed by atoms with Crippen LogP contribution in [-0.2, 0) is 6.42 Å². The zero-order valence-corrected chi connectivity index (χ0v) is 12.1. The van der Waals surface area contributed by atoms with E-state index >= 15 is 0 Å². The van der Waals surface area contributed by atoms with E-state index in [0.29, 0.717) is 10.6 Å². The molecule has 0 atom stereocenters. The summed E-state index contributed by atoms with van der Waals surface area (Å²) in [5.74, 6) is -0.118. The smallest absolute Gasteiger partial charge is 0.251 e. The maximum atomic E-state index is 11.6. The number of rotatable bonds is 5. The Balaban J connectivity index is 2.00. The van der Waals surface area contributed by atoms with Crippen LogP contribution < -0.4 is 10.6 Å². The van der Waals surface area contributed by atoms with Gasteiger partial charge in [0.05, 0.1) is 10.7 Å². The van der Waals surface area contributed by atoms with E-state index in [2.05, 4.69) is 22.8 Å². The summed E-state index contributed by atoms with van der Waals surface area (Å²) in [7, 11) is 1.61. The van der Waals surface area contributed by atoms with Crippen LogP contribution in [0.25, 0.3) is 0 Å². The molecule has 0 aliphatic carbocycles. The molecule has 0 aliphatic rings. The molecule has 0 fully saturated rings. The number of anilines is 1. The maximum Gasteiger partial charge on any atom is 0.251 e. The van der Waals surface area contributed by atoms with Crippen molar-refractivity contribution in [3.63, 3.8) is 0 Å². The lowest BCUT2D eigenvalue weighted by atomic mass is 10.1. The number of halogens is 1. The van der Waals surface area contributed by atoms with Gasteiger partial charge in [0.15, 0.2) is 0 Å². The Morgan fingerprint density at radius 1 is 1.15 bits per heavy atom. The van der Waals surface area contributed by atoms with Gasteiger partial charge in [-0.05, 0) is 30.2 Å². The molecule has 0 bridgehead atoms. The second-order valence-corrected chi connectivity index (χ2v) is 4.84. The fourth-order valence-electron chi connectivity index (χ4n) is 1.93. The normalized spacial score (nSPS) is 10.1. The number of amides is 1. The van der Waals surface area contributed by atoms with E-state index in [-0.39, 0.29) is 5.91 Å². The van der Waals surface area contributed by atoms with Crippen LogP contribution in [0.1, 0.15) is 15.9 Å². The molecule has 3 nitrogen and oxygen atoms in total. The third kappa shape index (κ3) is 3.75. The van der Waals surface area contributed by atoms with Crippen LogP contribution >= 0.6 is 11.6 Å². The summed E-state index contributed by atoms with van der Waals surface area (Å²) in [4.78, 5) is 11.6. The molecule has 2 N–H and O–H groups in total. The van der Waals surface area contributed by atoms with Crippen molar-refractivity contribution in [1.82, 2.24) is 5.32 Å². The van der Waals surface area contributed by atoms with Crippen molar-refractivity contribution in [2.45, 2.75) is 6.42 Å². The first-order chi connectivity index (χ1) is 9.70. The fourth-order valence-corrected chi connectivity index (χ4v) is 2.12. The van der Waals surface area contributed by atoms with Crippen molar-refractivity contribution in [2.75, 3.05) is 18.9 Å². The first kappa shape index (κ1) is 14.4. The molecular formula is C16H17ClN2O. The van der Waals surface area contributed by atoms with Gasteiger partial charge < -0.3 is 10.6 Å². The molecule has 2 rings (SSSR count). The molecule has 1 amide bonds. The third-order valence-corrected chi connectivity index (χ3v) is 3.36. The molecule has 4 heteroatoms. The molecule has 20 heavy (non-hydrogen) atoms. The number of carbonyl (C=O) groups excluding carboxylic acids is 1. The SMILES string of the molecule is CNC(=O)c1ccc(Cl)c(NCCc2ccccc2)c1. The third-order valence-electron chi connectivity index (χ3n) is 3.03. The average Bonchev–Trinajstić information content (AvgIpc) is 2.49. The molecule has 0 saturated heterocycles. The van der Waals surface area contributed by atoms with Gasteiger partial charge in [0.1, 0.15) is 0 Å². The van der Waals surface area contributed by atoms with E-state index in [1.807, 2.05) is 18.2 Å². The van der Waals surface area contributed by atoms with Crippen LogP contribution in [-0.4, -0.2) is 19.5 Å². The Labute approximate surface area is 124 Å². The number of carbonyl (C=O) groups is 1. The molecule has 0 aliphatic heterocycles. The van der Waals surface area contributed by atoms with Crippen molar-refractivity contribution in [1.29, 1.82) is 0 Å². The van der Waals surface area contributed by atoms with Crippen molar-refractivity contribution >= 4 is 23.2 Å². The van der Waals surface area contributed by atoms with Crippen LogP contribution in [0.4, 0.5) is 5.69 Å². The van der Waals surface area contributed by atoms with Gasteiger partial charge in [0.25, 0.3) is 5.91 Å². The van der Waals surface area contributed by atoms with Crippen LogP contribution in [0.15, 0.2) is 48.5 Å². The zero-order valence-electron chi connectivity index (χ0n) is 11.3. The van der Waals surface area contributed by atoms with Crippen molar-refractivity contribution < 1.29 is 4.79 Å².